The number of carbonyl (C=O) groups is 1. The van der Waals surface area contributed by atoms with E-state index in [-0.39, 0.29) is 5.97 Å². The first kappa shape index (κ1) is 8.75. The maximum absolute atomic E-state index is 10.8. The largest absolute Gasteiger partial charge is 0.468 e. The molecule has 0 radical (unpaired) electrons. The van der Waals surface area contributed by atoms with E-state index in [1.807, 2.05) is 0 Å². The molecule has 3 nitrogen and oxygen atoms in total. The van der Waals surface area contributed by atoms with Crippen molar-refractivity contribution in [2.75, 3.05) is 13.7 Å². The lowest BCUT2D eigenvalue weighted by Crippen LogP contribution is -2.49. The molecule has 13 heavy (non-hydrogen) atoms. The second-order valence-corrected chi connectivity index (χ2v) is 3.80. The van der Waals surface area contributed by atoms with Gasteiger partial charge in [-0.15, -0.1) is 0 Å². The zero-order valence-corrected chi connectivity index (χ0v) is 7.82. The fraction of sp³-hybridized carbons (Fsp3) is 0.700. The fourth-order valence-corrected chi connectivity index (χ4v) is 2.23. The molecule has 1 saturated carbocycles. The number of allylic oxidation sites excluding steroid dienone is 1. The summed E-state index contributed by atoms with van der Waals surface area (Å²) in [4.78, 5) is 10.8. The molecule has 0 heterocycles. The van der Waals surface area contributed by atoms with Crippen molar-refractivity contribution in [3.63, 3.8) is 0 Å². The zero-order valence-electron chi connectivity index (χ0n) is 7.82. The lowest BCUT2D eigenvalue weighted by molar-refractivity contribution is -0.139. The summed E-state index contributed by atoms with van der Waals surface area (Å²) in [5.41, 5.74) is 0. The molecule has 1 N–H and O–H groups in total. The molecule has 0 aliphatic heterocycles. The van der Waals surface area contributed by atoms with E-state index in [0.29, 0.717) is 18.5 Å². The Hall–Kier alpha value is -0.830. The second-order valence-electron chi connectivity index (χ2n) is 3.80. The van der Waals surface area contributed by atoms with E-state index < -0.39 is 0 Å². The van der Waals surface area contributed by atoms with Crippen LogP contribution in [0.1, 0.15) is 12.8 Å². The number of methoxy groups -OCH3 is 1. The Morgan fingerprint density at radius 3 is 3.23 bits per heavy atom. The number of fused-ring (bicyclic) bond motifs is 1. The molecule has 0 aromatic carbocycles. The minimum Gasteiger partial charge on any atom is -0.468 e. The summed E-state index contributed by atoms with van der Waals surface area (Å²) in [6, 6.07) is 0.503. The average molecular weight is 181 g/mol. The van der Waals surface area contributed by atoms with Crippen molar-refractivity contribution in [1.29, 1.82) is 0 Å². The fourth-order valence-electron chi connectivity index (χ4n) is 2.23. The van der Waals surface area contributed by atoms with Gasteiger partial charge in [0.15, 0.2) is 0 Å². The summed E-state index contributed by atoms with van der Waals surface area (Å²) >= 11 is 0. The monoisotopic (exact) mass is 181 g/mol. The van der Waals surface area contributed by atoms with Gasteiger partial charge in [0, 0.05) is 6.04 Å². The normalized spacial score (nSPS) is 35.3. The molecule has 0 spiro atoms. The van der Waals surface area contributed by atoms with Gasteiger partial charge in [0.1, 0.15) is 0 Å². The van der Waals surface area contributed by atoms with E-state index in [0.717, 1.165) is 5.92 Å². The van der Waals surface area contributed by atoms with Gasteiger partial charge in [-0.2, -0.15) is 0 Å². The molecule has 0 bridgehead atoms. The third kappa shape index (κ3) is 1.61. The molecule has 3 unspecified atom stereocenters. The first-order valence-corrected chi connectivity index (χ1v) is 4.78. The standard InChI is InChI=1S/C10H15NO2/c1-13-10(12)6-11-9-5-7-3-2-4-8(7)9/h2,4,7-9,11H,3,5-6H2,1H3. The Kier molecular flexibility index (Phi) is 2.36. The van der Waals surface area contributed by atoms with Gasteiger partial charge in [-0.25, -0.2) is 0 Å². The highest BCUT2D eigenvalue weighted by molar-refractivity contribution is 5.71. The van der Waals surface area contributed by atoms with Gasteiger partial charge < -0.3 is 10.1 Å². The predicted molar refractivity (Wildman–Crippen MR) is 49.2 cm³/mol. The second kappa shape index (κ2) is 3.50. The summed E-state index contributed by atoms with van der Waals surface area (Å²) in [7, 11) is 1.42. The SMILES string of the molecule is COC(=O)CNC1CC2CC=CC21. The molecule has 0 saturated heterocycles. The lowest BCUT2D eigenvalue weighted by atomic mass is 9.71. The van der Waals surface area contributed by atoms with Gasteiger partial charge in [0.2, 0.25) is 0 Å². The Bertz CT molecular complexity index is 237. The van der Waals surface area contributed by atoms with Crippen LogP contribution in [-0.4, -0.2) is 25.7 Å². The minimum absolute atomic E-state index is 0.176. The molecule has 72 valence electrons. The van der Waals surface area contributed by atoms with Crippen molar-refractivity contribution in [1.82, 2.24) is 5.32 Å². The molecule has 1 fully saturated rings. The highest BCUT2D eigenvalue weighted by Gasteiger charge is 2.40. The Morgan fingerprint density at radius 1 is 1.69 bits per heavy atom. The molecule has 2 aliphatic rings. The van der Waals surface area contributed by atoms with E-state index in [1.165, 1.54) is 20.0 Å². The quantitative estimate of drug-likeness (QED) is 0.515. The maximum Gasteiger partial charge on any atom is 0.319 e. The van der Waals surface area contributed by atoms with Crippen LogP contribution in [0.5, 0.6) is 0 Å². The summed E-state index contributed by atoms with van der Waals surface area (Å²) in [6.45, 7) is 0.345. The Balaban J connectivity index is 1.72. The molecular formula is C10H15NO2. The molecule has 0 amide bonds. The summed E-state index contributed by atoms with van der Waals surface area (Å²) < 4.78 is 4.56. The van der Waals surface area contributed by atoms with Gasteiger partial charge in [0.05, 0.1) is 13.7 Å². The van der Waals surface area contributed by atoms with Crippen molar-refractivity contribution in [2.24, 2.45) is 11.8 Å². The van der Waals surface area contributed by atoms with Crippen LogP contribution >= 0.6 is 0 Å². The first-order valence-electron chi connectivity index (χ1n) is 4.78. The van der Waals surface area contributed by atoms with Crippen molar-refractivity contribution < 1.29 is 9.53 Å². The van der Waals surface area contributed by atoms with Gasteiger partial charge >= 0.3 is 5.97 Å². The number of hydrogen-bond donors (Lipinski definition) is 1. The van der Waals surface area contributed by atoms with E-state index >= 15 is 0 Å². The molecule has 2 rings (SSSR count). The highest BCUT2D eigenvalue weighted by Crippen LogP contribution is 2.42. The Morgan fingerprint density at radius 2 is 2.54 bits per heavy atom. The number of ether oxygens (including phenoxy) is 1. The van der Waals surface area contributed by atoms with Crippen LogP contribution in [0.15, 0.2) is 12.2 Å². The van der Waals surface area contributed by atoms with Crippen molar-refractivity contribution >= 4 is 5.97 Å². The number of esters is 1. The first-order chi connectivity index (χ1) is 6.31. The van der Waals surface area contributed by atoms with E-state index in [4.69, 9.17) is 0 Å². The number of carbonyl (C=O) groups excluding carboxylic acids is 1. The van der Waals surface area contributed by atoms with Crippen LogP contribution in [0.3, 0.4) is 0 Å². The smallest absolute Gasteiger partial charge is 0.319 e. The van der Waals surface area contributed by atoms with Crippen LogP contribution < -0.4 is 5.32 Å². The molecule has 3 atom stereocenters. The molecule has 3 heteroatoms. The molecule has 2 aliphatic carbocycles. The summed E-state index contributed by atoms with van der Waals surface area (Å²) in [5.74, 6) is 1.34. The summed E-state index contributed by atoms with van der Waals surface area (Å²) in [5, 5.41) is 3.22. The highest BCUT2D eigenvalue weighted by atomic mass is 16.5. The van der Waals surface area contributed by atoms with E-state index in [9.17, 15) is 4.79 Å². The number of rotatable bonds is 3. The third-order valence-electron chi connectivity index (χ3n) is 3.10. The Labute approximate surface area is 78.1 Å². The van der Waals surface area contributed by atoms with Crippen LogP contribution in [0.2, 0.25) is 0 Å². The third-order valence-corrected chi connectivity index (χ3v) is 3.10. The van der Waals surface area contributed by atoms with Crippen molar-refractivity contribution in [2.45, 2.75) is 18.9 Å². The number of nitrogens with one attached hydrogen (secondary N) is 1. The van der Waals surface area contributed by atoms with Crippen molar-refractivity contribution in [3.8, 4) is 0 Å². The van der Waals surface area contributed by atoms with Crippen LogP contribution in [0.4, 0.5) is 0 Å². The van der Waals surface area contributed by atoms with Gasteiger partial charge in [0.25, 0.3) is 0 Å². The molecule has 0 aromatic rings. The maximum atomic E-state index is 10.8. The zero-order chi connectivity index (χ0) is 9.26. The minimum atomic E-state index is -0.176. The van der Waals surface area contributed by atoms with Gasteiger partial charge in [-0.1, -0.05) is 12.2 Å². The number of hydrogen-bond acceptors (Lipinski definition) is 3. The average Bonchev–Trinajstić information content (AvgIpc) is 2.47. The van der Waals surface area contributed by atoms with Gasteiger partial charge in [-0.3, -0.25) is 4.79 Å². The molecule has 0 aromatic heterocycles. The van der Waals surface area contributed by atoms with E-state index in [2.05, 4.69) is 22.2 Å². The van der Waals surface area contributed by atoms with E-state index in [1.54, 1.807) is 0 Å². The predicted octanol–water partition coefficient (Wildman–Crippen LogP) is 0.714. The van der Waals surface area contributed by atoms with Gasteiger partial charge in [-0.05, 0) is 24.7 Å². The van der Waals surface area contributed by atoms with Crippen LogP contribution in [-0.2, 0) is 9.53 Å². The van der Waals surface area contributed by atoms with Crippen molar-refractivity contribution in [3.05, 3.63) is 12.2 Å². The van der Waals surface area contributed by atoms with Crippen LogP contribution in [0, 0.1) is 11.8 Å². The topological polar surface area (TPSA) is 38.3 Å². The molecular weight excluding hydrogens is 166 g/mol. The lowest BCUT2D eigenvalue weighted by Gasteiger charge is -2.40. The summed E-state index contributed by atoms with van der Waals surface area (Å²) in [6.07, 6.45) is 6.94. The van der Waals surface area contributed by atoms with Crippen LogP contribution in [0.25, 0.3) is 0 Å².